The summed E-state index contributed by atoms with van der Waals surface area (Å²) in [5, 5.41) is 14.4. The molecular formula is C22H27N9O4. The van der Waals surface area contributed by atoms with Crippen molar-refractivity contribution in [3.63, 3.8) is 0 Å². The fourth-order valence-corrected chi connectivity index (χ4v) is 3.32. The number of nitrogens with zero attached hydrogens (tertiary/aromatic N) is 5. The molecule has 0 bridgehead atoms. The van der Waals surface area contributed by atoms with Crippen molar-refractivity contribution < 1.29 is 19.5 Å². The number of amides is 2. The first kappa shape index (κ1) is 25.1. The minimum atomic E-state index is -1.20. The molecule has 0 fully saturated rings. The molecular weight excluding hydrogens is 454 g/mol. The van der Waals surface area contributed by atoms with Crippen LogP contribution in [0, 0.1) is 0 Å². The summed E-state index contributed by atoms with van der Waals surface area (Å²) in [6, 6.07) is 5.46. The van der Waals surface area contributed by atoms with Gasteiger partial charge >= 0.3 is 5.97 Å². The molecule has 3 rings (SSSR count). The van der Waals surface area contributed by atoms with E-state index >= 15 is 0 Å². The number of carboxylic acid groups (broad SMARTS) is 1. The van der Waals surface area contributed by atoms with Gasteiger partial charge in [-0.1, -0.05) is 0 Å². The second-order valence-corrected chi connectivity index (χ2v) is 7.76. The zero-order valence-corrected chi connectivity index (χ0v) is 19.4. The largest absolute Gasteiger partial charge is 0.480 e. The molecule has 13 nitrogen and oxygen atoms in total. The molecule has 0 saturated carbocycles. The van der Waals surface area contributed by atoms with Crippen LogP contribution >= 0.6 is 0 Å². The van der Waals surface area contributed by atoms with E-state index in [1.54, 1.807) is 37.4 Å². The lowest BCUT2D eigenvalue weighted by Crippen LogP contribution is -2.41. The Morgan fingerprint density at radius 2 is 1.83 bits per heavy atom. The van der Waals surface area contributed by atoms with Gasteiger partial charge in [0.2, 0.25) is 11.9 Å². The molecule has 13 heteroatoms. The number of carboxylic acids is 1. The first-order valence-corrected chi connectivity index (χ1v) is 10.8. The highest BCUT2D eigenvalue weighted by Crippen LogP contribution is 2.19. The van der Waals surface area contributed by atoms with Crippen LogP contribution in [0.5, 0.6) is 0 Å². The Labute approximate surface area is 201 Å². The lowest BCUT2D eigenvalue weighted by Gasteiger charge is -2.19. The lowest BCUT2D eigenvalue weighted by atomic mass is 10.1. The van der Waals surface area contributed by atoms with E-state index in [4.69, 9.17) is 11.5 Å². The number of rotatable bonds is 10. The van der Waals surface area contributed by atoms with Gasteiger partial charge in [-0.15, -0.1) is 0 Å². The molecule has 0 saturated heterocycles. The smallest absolute Gasteiger partial charge is 0.326 e. The zero-order valence-electron chi connectivity index (χ0n) is 19.4. The molecule has 0 aliphatic carbocycles. The highest BCUT2D eigenvalue weighted by atomic mass is 16.4. The maximum Gasteiger partial charge on any atom is 0.326 e. The summed E-state index contributed by atoms with van der Waals surface area (Å²) in [5.41, 5.74) is 13.8. The summed E-state index contributed by atoms with van der Waals surface area (Å²) in [7, 11) is 1.84. The summed E-state index contributed by atoms with van der Waals surface area (Å²) in [6.45, 7) is 2.61. The fourth-order valence-electron chi connectivity index (χ4n) is 3.32. The molecule has 184 valence electrons. The van der Waals surface area contributed by atoms with E-state index in [2.05, 4.69) is 30.6 Å². The molecule has 0 radical (unpaired) electrons. The van der Waals surface area contributed by atoms with E-state index in [-0.39, 0.29) is 30.5 Å². The Hall–Kier alpha value is -4.55. The Morgan fingerprint density at radius 1 is 1.11 bits per heavy atom. The van der Waals surface area contributed by atoms with Crippen molar-refractivity contribution in [3.05, 3.63) is 41.7 Å². The average molecular weight is 482 g/mol. The molecule has 2 heterocycles. The first-order chi connectivity index (χ1) is 16.7. The highest BCUT2D eigenvalue weighted by molar-refractivity contribution is 5.97. The lowest BCUT2D eigenvalue weighted by molar-refractivity contribution is -0.139. The Kier molecular flexibility index (Phi) is 7.92. The number of nitrogen functional groups attached to an aromatic ring is 2. The molecule has 1 atom stereocenters. The maximum absolute atomic E-state index is 12.5. The predicted octanol–water partition coefficient (Wildman–Crippen LogP) is 0.320. The molecule has 2 aromatic heterocycles. The summed E-state index contributed by atoms with van der Waals surface area (Å²) in [6.07, 6.45) is 1.56. The van der Waals surface area contributed by atoms with Crippen molar-refractivity contribution in [2.24, 2.45) is 0 Å². The van der Waals surface area contributed by atoms with Crippen molar-refractivity contribution in [1.82, 2.24) is 30.6 Å². The van der Waals surface area contributed by atoms with Crippen molar-refractivity contribution >= 4 is 46.4 Å². The summed E-state index contributed by atoms with van der Waals surface area (Å²) in [5.74, 6) is -1.85. The monoisotopic (exact) mass is 481 g/mol. The molecule has 0 aliphatic heterocycles. The predicted molar refractivity (Wildman–Crippen MR) is 129 cm³/mol. The topological polar surface area (TPSA) is 202 Å². The number of benzene rings is 1. The number of carbonyl (C=O) groups is 3. The number of aliphatic carboxylic acids is 1. The van der Waals surface area contributed by atoms with Crippen LogP contribution in [0.15, 0.2) is 30.5 Å². The second kappa shape index (κ2) is 11.0. The van der Waals surface area contributed by atoms with E-state index in [1.165, 1.54) is 0 Å². The maximum atomic E-state index is 12.5. The second-order valence-electron chi connectivity index (χ2n) is 7.76. The van der Waals surface area contributed by atoms with Crippen molar-refractivity contribution in [2.75, 3.05) is 30.0 Å². The van der Waals surface area contributed by atoms with Crippen LogP contribution in [0.1, 0.15) is 35.8 Å². The molecule has 0 unspecified atom stereocenters. The Morgan fingerprint density at radius 3 is 2.49 bits per heavy atom. The van der Waals surface area contributed by atoms with Gasteiger partial charge in [-0.3, -0.25) is 9.59 Å². The summed E-state index contributed by atoms with van der Waals surface area (Å²) in [4.78, 5) is 54.1. The third kappa shape index (κ3) is 6.50. The quantitative estimate of drug-likeness (QED) is 0.267. The van der Waals surface area contributed by atoms with Gasteiger partial charge in [0.15, 0.2) is 17.0 Å². The van der Waals surface area contributed by atoms with Crippen LogP contribution in [0.2, 0.25) is 0 Å². The van der Waals surface area contributed by atoms with Crippen LogP contribution in [0.25, 0.3) is 11.2 Å². The number of carbonyl (C=O) groups excluding carboxylic acids is 2. The molecule has 35 heavy (non-hydrogen) atoms. The molecule has 1 aromatic carbocycles. The average Bonchev–Trinajstić information content (AvgIpc) is 2.82. The number of nitrogens with one attached hydrogen (secondary N) is 2. The van der Waals surface area contributed by atoms with Gasteiger partial charge < -0.3 is 32.1 Å². The molecule has 3 aromatic rings. The fraction of sp³-hybridized carbons (Fsp3) is 0.318. The van der Waals surface area contributed by atoms with Gasteiger partial charge in [0.05, 0.1) is 18.4 Å². The molecule has 7 N–H and O–H groups in total. The van der Waals surface area contributed by atoms with Crippen molar-refractivity contribution in [1.29, 1.82) is 0 Å². The minimum Gasteiger partial charge on any atom is -0.480 e. The number of anilines is 3. The van der Waals surface area contributed by atoms with Gasteiger partial charge in [-0.2, -0.15) is 9.97 Å². The number of hydrogen-bond acceptors (Lipinski definition) is 10. The number of nitrogens with two attached hydrogens (primary N) is 2. The van der Waals surface area contributed by atoms with Crippen LogP contribution in [-0.2, 0) is 16.1 Å². The van der Waals surface area contributed by atoms with E-state index in [0.29, 0.717) is 35.5 Å². The van der Waals surface area contributed by atoms with Crippen molar-refractivity contribution in [2.45, 2.75) is 32.4 Å². The standard InChI is InChI=1S/C22H27N9O4/c1-3-25-16(32)9-8-15(21(34)35)28-20(33)12-4-6-14(7-5-12)31(2)11-13-10-26-19-17(27-13)18(23)29-22(24)30-19/h4-7,10,15H,3,8-9,11H2,1-2H3,(H,25,32)(H,28,33)(H,34,35)(H4,23,24,26,29,30)/t15-/m1/s1. The van der Waals surface area contributed by atoms with Gasteiger partial charge in [0.1, 0.15) is 6.04 Å². The minimum absolute atomic E-state index is 0.00234. The zero-order chi connectivity index (χ0) is 25.5. The number of aromatic nitrogens is 4. The van der Waals surface area contributed by atoms with E-state index in [0.717, 1.165) is 5.69 Å². The Balaban J connectivity index is 1.64. The van der Waals surface area contributed by atoms with Crippen LogP contribution < -0.4 is 27.0 Å². The SMILES string of the molecule is CCNC(=O)CC[C@@H](NC(=O)c1ccc(N(C)Cc2cnc3nc(N)nc(N)c3n2)cc1)C(=O)O. The summed E-state index contributed by atoms with van der Waals surface area (Å²) >= 11 is 0. The van der Waals surface area contributed by atoms with Crippen LogP contribution in [-0.4, -0.2) is 62.5 Å². The third-order valence-electron chi connectivity index (χ3n) is 5.11. The highest BCUT2D eigenvalue weighted by Gasteiger charge is 2.21. The molecule has 2 amide bonds. The van der Waals surface area contributed by atoms with Gasteiger partial charge in [0.25, 0.3) is 5.91 Å². The number of fused-ring (bicyclic) bond motifs is 1. The van der Waals surface area contributed by atoms with Crippen LogP contribution in [0.3, 0.4) is 0 Å². The van der Waals surface area contributed by atoms with E-state index in [9.17, 15) is 19.5 Å². The molecule has 0 aliphatic rings. The van der Waals surface area contributed by atoms with E-state index < -0.39 is 17.9 Å². The van der Waals surface area contributed by atoms with Gasteiger partial charge in [-0.05, 0) is 37.6 Å². The first-order valence-electron chi connectivity index (χ1n) is 10.8. The van der Waals surface area contributed by atoms with Gasteiger partial charge in [-0.25, -0.2) is 14.8 Å². The number of hydrogen-bond donors (Lipinski definition) is 5. The van der Waals surface area contributed by atoms with Crippen LogP contribution in [0.4, 0.5) is 17.5 Å². The van der Waals surface area contributed by atoms with Gasteiger partial charge in [0, 0.05) is 31.3 Å². The molecule has 0 spiro atoms. The Bertz CT molecular complexity index is 1230. The van der Waals surface area contributed by atoms with Crippen molar-refractivity contribution in [3.8, 4) is 0 Å². The normalized spacial score (nSPS) is 11.6. The van der Waals surface area contributed by atoms with E-state index in [1.807, 2.05) is 11.9 Å². The summed E-state index contributed by atoms with van der Waals surface area (Å²) < 4.78 is 0. The third-order valence-corrected chi connectivity index (χ3v) is 5.11.